The van der Waals surface area contributed by atoms with Crippen LogP contribution in [0.3, 0.4) is 0 Å². The third-order valence-corrected chi connectivity index (χ3v) is 3.33. The lowest BCUT2D eigenvalue weighted by atomic mass is 10.2. The van der Waals surface area contributed by atoms with Crippen molar-refractivity contribution in [2.24, 2.45) is 0 Å². The number of aromatic nitrogens is 3. The smallest absolute Gasteiger partial charge is 0.153 e. The molecule has 3 aromatic rings. The highest BCUT2D eigenvalue weighted by molar-refractivity contribution is 6.30. The van der Waals surface area contributed by atoms with E-state index in [4.69, 9.17) is 11.6 Å². The zero-order valence-corrected chi connectivity index (χ0v) is 11.9. The molecule has 2 aromatic heterocycles. The first-order valence-corrected chi connectivity index (χ1v) is 6.82. The highest BCUT2D eigenvalue weighted by Crippen LogP contribution is 2.19. The van der Waals surface area contributed by atoms with Gasteiger partial charge in [0.1, 0.15) is 5.69 Å². The molecule has 2 heterocycles. The zero-order valence-electron chi connectivity index (χ0n) is 11.1. The quantitative estimate of drug-likeness (QED) is 0.693. The van der Waals surface area contributed by atoms with Gasteiger partial charge in [-0.3, -0.25) is 14.5 Å². The van der Waals surface area contributed by atoms with Gasteiger partial charge in [-0.2, -0.15) is 5.10 Å². The number of benzene rings is 1. The molecule has 0 atom stereocenters. The number of halogens is 1. The van der Waals surface area contributed by atoms with Gasteiger partial charge in [-0.15, -0.1) is 0 Å². The maximum atomic E-state index is 11.2. The second kappa shape index (κ2) is 5.89. The molecule has 0 aliphatic carbocycles. The van der Waals surface area contributed by atoms with E-state index in [1.807, 2.05) is 42.5 Å². The molecule has 3 rings (SSSR count). The highest BCUT2D eigenvalue weighted by Gasteiger charge is 2.11. The molecule has 0 N–H and O–H groups in total. The van der Waals surface area contributed by atoms with Gasteiger partial charge in [-0.05, 0) is 29.8 Å². The lowest BCUT2D eigenvalue weighted by Gasteiger charge is -2.02. The van der Waals surface area contributed by atoms with Crippen molar-refractivity contribution in [1.82, 2.24) is 14.8 Å². The van der Waals surface area contributed by atoms with E-state index < -0.39 is 0 Å². The predicted molar refractivity (Wildman–Crippen MR) is 81.4 cm³/mol. The number of hydrogen-bond acceptors (Lipinski definition) is 3. The Hall–Kier alpha value is -2.46. The van der Waals surface area contributed by atoms with Gasteiger partial charge in [-0.1, -0.05) is 29.8 Å². The number of pyridine rings is 1. The van der Waals surface area contributed by atoms with Crippen molar-refractivity contribution in [3.05, 3.63) is 71.0 Å². The minimum absolute atomic E-state index is 0.530. The standard InChI is InChI=1S/C16H12ClN3O/c17-14-6-4-12(5-7-14)9-20-10-13(11-21)16(19-20)15-3-1-2-8-18-15/h1-8,10-11H,9H2. The minimum atomic E-state index is 0.530. The van der Waals surface area contributed by atoms with Gasteiger partial charge in [0.15, 0.2) is 6.29 Å². The summed E-state index contributed by atoms with van der Waals surface area (Å²) < 4.78 is 1.73. The lowest BCUT2D eigenvalue weighted by molar-refractivity contribution is 0.112. The van der Waals surface area contributed by atoms with E-state index in [1.165, 1.54) is 0 Å². The molecule has 4 nitrogen and oxygen atoms in total. The third-order valence-electron chi connectivity index (χ3n) is 3.08. The largest absolute Gasteiger partial charge is 0.298 e. The Balaban J connectivity index is 1.92. The van der Waals surface area contributed by atoms with Crippen molar-refractivity contribution >= 4 is 17.9 Å². The van der Waals surface area contributed by atoms with Crippen LogP contribution >= 0.6 is 11.6 Å². The van der Waals surface area contributed by atoms with Crippen molar-refractivity contribution in [1.29, 1.82) is 0 Å². The molecule has 0 saturated carbocycles. The van der Waals surface area contributed by atoms with Gasteiger partial charge in [0.25, 0.3) is 0 Å². The summed E-state index contributed by atoms with van der Waals surface area (Å²) in [7, 11) is 0. The van der Waals surface area contributed by atoms with Crippen LogP contribution in [0.25, 0.3) is 11.4 Å². The van der Waals surface area contributed by atoms with Crippen LogP contribution in [0.2, 0.25) is 5.02 Å². The summed E-state index contributed by atoms with van der Waals surface area (Å²) in [5.74, 6) is 0. The molecule has 21 heavy (non-hydrogen) atoms. The topological polar surface area (TPSA) is 47.8 Å². The van der Waals surface area contributed by atoms with E-state index in [0.717, 1.165) is 11.8 Å². The van der Waals surface area contributed by atoms with Gasteiger partial charge in [0, 0.05) is 17.4 Å². The van der Waals surface area contributed by atoms with Crippen LogP contribution < -0.4 is 0 Å². The third kappa shape index (κ3) is 3.01. The first-order valence-electron chi connectivity index (χ1n) is 6.45. The summed E-state index contributed by atoms with van der Waals surface area (Å²) in [4.78, 5) is 15.4. The van der Waals surface area contributed by atoms with E-state index in [2.05, 4.69) is 10.1 Å². The molecule has 0 fully saturated rings. The number of hydrogen-bond donors (Lipinski definition) is 0. The van der Waals surface area contributed by atoms with Crippen LogP contribution in [0.5, 0.6) is 0 Å². The Kier molecular flexibility index (Phi) is 3.79. The van der Waals surface area contributed by atoms with E-state index in [0.29, 0.717) is 28.5 Å². The second-order valence-electron chi connectivity index (χ2n) is 4.59. The fraction of sp³-hybridized carbons (Fsp3) is 0.0625. The molecule has 0 bridgehead atoms. The van der Waals surface area contributed by atoms with E-state index in [-0.39, 0.29) is 0 Å². The van der Waals surface area contributed by atoms with E-state index in [9.17, 15) is 4.79 Å². The molecule has 0 aliphatic heterocycles. The van der Waals surface area contributed by atoms with Crippen molar-refractivity contribution in [2.45, 2.75) is 6.54 Å². The Bertz CT molecular complexity index is 751. The average molecular weight is 298 g/mol. The van der Waals surface area contributed by atoms with Gasteiger partial charge >= 0.3 is 0 Å². The van der Waals surface area contributed by atoms with Crippen LogP contribution in [0, 0.1) is 0 Å². The first kappa shape index (κ1) is 13.5. The number of aldehydes is 1. The SMILES string of the molecule is O=Cc1cn(Cc2ccc(Cl)cc2)nc1-c1ccccn1. The summed E-state index contributed by atoms with van der Waals surface area (Å²) in [5, 5.41) is 5.16. The van der Waals surface area contributed by atoms with Crippen LogP contribution in [-0.2, 0) is 6.54 Å². The fourth-order valence-corrected chi connectivity index (χ4v) is 2.21. The summed E-state index contributed by atoms with van der Waals surface area (Å²) in [6.45, 7) is 0.574. The number of carbonyl (C=O) groups excluding carboxylic acids is 1. The highest BCUT2D eigenvalue weighted by atomic mass is 35.5. The Morgan fingerprint density at radius 1 is 1.14 bits per heavy atom. The van der Waals surface area contributed by atoms with Crippen molar-refractivity contribution in [3.8, 4) is 11.4 Å². The van der Waals surface area contributed by atoms with Crippen LogP contribution in [0.4, 0.5) is 0 Å². The van der Waals surface area contributed by atoms with Crippen LogP contribution in [-0.4, -0.2) is 21.1 Å². The molecule has 0 spiro atoms. The van der Waals surface area contributed by atoms with Crippen molar-refractivity contribution in [3.63, 3.8) is 0 Å². The van der Waals surface area contributed by atoms with Gasteiger partial charge in [-0.25, -0.2) is 0 Å². The summed E-state index contributed by atoms with van der Waals surface area (Å²) in [6, 6.07) is 13.1. The molecular formula is C16H12ClN3O. The monoisotopic (exact) mass is 297 g/mol. The van der Waals surface area contributed by atoms with E-state index in [1.54, 1.807) is 17.1 Å². The Morgan fingerprint density at radius 2 is 1.95 bits per heavy atom. The molecular weight excluding hydrogens is 286 g/mol. The lowest BCUT2D eigenvalue weighted by Crippen LogP contribution is -2.00. The number of rotatable bonds is 4. The average Bonchev–Trinajstić information content (AvgIpc) is 2.93. The Morgan fingerprint density at radius 3 is 2.62 bits per heavy atom. The van der Waals surface area contributed by atoms with E-state index >= 15 is 0 Å². The molecule has 0 saturated heterocycles. The summed E-state index contributed by atoms with van der Waals surface area (Å²) in [5.41, 5.74) is 2.88. The maximum Gasteiger partial charge on any atom is 0.153 e. The second-order valence-corrected chi connectivity index (χ2v) is 5.03. The zero-order chi connectivity index (χ0) is 14.7. The van der Waals surface area contributed by atoms with Crippen LogP contribution in [0.1, 0.15) is 15.9 Å². The van der Waals surface area contributed by atoms with Gasteiger partial charge in [0.2, 0.25) is 0 Å². The normalized spacial score (nSPS) is 10.5. The number of nitrogens with zero attached hydrogens (tertiary/aromatic N) is 3. The fourth-order valence-electron chi connectivity index (χ4n) is 2.08. The predicted octanol–water partition coefficient (Wildman–Crippen LogP) is 3.46. The molecule has 0 unspecified atom stereocenters. The number of carbonyl (C=O) groups is 1. The maximum absolute atomic E-state index is 11.2. The molecule has 1 aromatic carbocycles. The summed E-state index contributed by atoms with van der Waals surface area (Å²) in [6.07, 6.45) is 4.21. The first-order chi connectivity index (χ1) is 10.3. The van der Waals surface area contributed by atoms with Gasteiger partial charge < -0.3 is 0 Å². The van der Waals surface area contributed by atoms with Gasteiger partial charge in [0.05, 0.1) is 17.8 Å². The molecule has 0 aliphatic rings. The summed E-state index contributed by atoms with van der Waals surface area (Å²) >= 11 is 5.87. The molecule has 0 amide bonds. The molecule has 0 radical (unpaired) electrons. The minimum Gasteiger partial charge on any atom is -0.298 e. The van der Waals surface area contributed by atoms with Crippen LogP contribution in [0.15, 0.2) is 54.9 Å². The molecule has 104 valence electrons. The van der Waals surface area contributed by atoms with Crippen molar-refractivity contribution in [2.75, 3.05) is 0 Å². The Labute approximate surface area is 127 Å². The molecule has 5 heteroatoms. The van der Waals surface area contributed by atoms with Crippen molar-refractivity contribution < 1.29 is 4.79 Å².